The second-order valence-corrected chi connectivity index (χ2v) is 10.2. The summed E-state index contributed by atoms with van der Waals surface area (Å²) in [5.74, 6) is 0.379. The van der Waals surface area contributed by atoms with Crippen LogP contribution in [0.15, 0.2) is 46.6 Å². The van der Waals surface area contributed by atoms with Crippen LogP contribution in [-0.4, -0.2) is 36.8 Å². The number of ether oxygens (including phenoxy) is 3. The number of anilines is 1. The van der Waals surface area contributed by atoms with Crippen LogP contribution >= 0.6 is 11.3 Å². The molecule has 0 unspecified atom stereocenters. The number of nitrogens with zero attached hydrogens (tertiary/aromatic N) is 1. The number of methoxy groups -OCH3 is 1. The molecule has 5 rings (SSSR count). The van der Waals surface area contributed by atoms with Gasteiger partial charge in [-0.15, -0.1) is 11.3 Å². The number of aromatic nitrogens is 1. The largest absolute Gasteiger partial charge is 0.486 e. The molecule has 0 bridgehead atoms. The highest BCUT2D eigenvalue weighted by Gasteiger charge is 2.24. The first kappa shape index (κ1) is 25.5. The topological polar surface area (TPSA) is 95.9 Å². The zero-order valence-corrected chi connectivity index (χ0v) is 22.5. The third kappa shape index (κ3) is 4.77. The standard InChI is InChI=1S/C29H28N2O6S/c1-16-11-18(3)27-20(12-16)17(2)13-25(33)31(27)8-7-24(32)30-28-26(29(34)35-4)21(15-38-28)19-5-6-22-23(14-19)37-10-9-36-22/h5-6,11-15H,7-10H2,1-4H3,(H,30,32). The minimum atomic E-state index is -0.557. The summed E-state index contributed by atoms with van der Waals surface area (Å²) in [7, 11) is 1.30. The Hall–Kier alpha value is -4.11. The van der Waals surface area contributed by atoms with E-state index in [2.05, 4.69) is 11.4 Å². The fourth-order valence-electron chi connectivity index (χ4n) is 4.87. The van der Waals surface area contributed by atoms with E-state index in [0.717, 1.165) is 33.2 Å². The Kier molecular flexibility index (Phi) is 6.94. The van der Waals surface area contributed by atoms with Crippen molar-refractivity contribution in [2.75, 3.05) is 25.6 Å². The molecule has 2 aromatic carbocycles. The van der Waals surface area contributed by atoms with Crippen molar-refractivity contribution < 1.29 is 23.8 Å². The monoisotopic (exact) mass is 532 g/mol. The number of rotatable bonds is 6. The molecule has 1 aliphatic heterocycles. The van der Waals surface area contributed by atoms with E-state index in [1.54, 1.807) is 22.1 Å². The van der Waals surface area contributed by atoms with Gasteiger partial charge in [0.25, 0.3) is 5.56 Å². The fourth-order valence-corrected chi connectivity index (χ4v) is 5.85. The minimum Gasteiger partial charge on any atom is -0.486 e. The lowest BCUT2D eigenvalue weighted by Crippen LogP contribution is -2.24. The summed E-state index contributed by atoms with van der Waals surface area (Å²) in [6.45, 7) is 7.05. The van der Waals surface area contributed by atoms with Gasteiger partial charge in [-0.05, 0) is 55.7 Å². The van der Waals surface area contributed by atoms with Crippen molar-refractivity contribution in [3.05, 3.63) is 74.4 Å². The summed E-state index contributed by atoms with van der Waals surface area (Å²) >= 11 is 1.24. The molecule has 1 N–H and O–H groups in total. The molecule has 0 radical (unpaired) electrons. The van der Waals surface area contributed by atoms with Crippen LogP contribution in [0.1, 0.15) is 33.5 Å². The van der Waals surface area contributed by atoms with Gasteiger partial charge in [-0.2, -0.15) is 0 Å². The van der Waals surface area contributed by atoms with Crippen molar-refractivity contribution in [3.63, 3.8) is 0 Å². The first-order valence-corrected chi connectivity index (χ1v) is 13.2. The van der Waals surface area contributed by atoms with Gasteiger partial charge in [0.2, 0.25) is 5.91 Å². The molecule has 1 aliphatic rings. The Bertz CT molecular complexity index is 1630. The molecule has 196 valence electrons. The number of benzene rings is 2. The van der Waals surface area contributed by atoms with Gasteiger partial charge in [-0.1, -0.05) is 17.7 Å². The van der Waals surface area contributed by atoms with Gasteiger partial charge >= 0.3 is 5.97 Å². The lowest BCUT2D eigenvalue weighted by Gasteiger charge is -2.19. The maximum absolute atomic E-state index is 13.0. The SMILES string of the molecule is COC(=O)c1c(-c2ccc3c(c2)OCCO3)csc1NC(=O)CCn1c(=O)cc(C)c2cc(C)cc(C)c21. The number of pyridine rings is 1. The molecule has 4 aromatic rings. The van der Waals surface area contributed by atoms with Crippen LogP contribution in [0.5, 0.6) is 11.5 Å². The number of hydrogen-bond donors (Lipinski definition) is 1. The second kappa shape index (κ2) is 10.3. The maximum atomic E-state index is 13.0. The van der Waals surface area contributed by atoms with E-state index in [4.69, 9.17) is 14.2 Å². The van der Waals surface area contributed by atoms with Gasteiger partial charge in [0.15, 0.2) is 11.5 Å². The molecule has 3 heterocycles. The van der Waals surface area contributed by atoms with Gasteiger partial charge in [0.05, 0.1) is 12.6 Å². The van der Waals surface area contributed by atoms with Crippen LogP contribution in [0, 0.1) is 20.8 Å². The van der Waals surface area contributed by atoms with Crippen LogP contribution in [0.25, 0.3) is 22.0 Å². The van der Waals surface area contributed by atoms with E-state index >= 15 is 0 Å². The van der Waals surface area contributed by atoms with Gasteiger partial charge in [-0.25, -0.2) is 4.79 Å². The number of hydrogen-bond acceptors (Lipinski definition) is 7. The Morgan fingerprint density at radius 1 is 1.03 bits per heavy atom. The molecular weight excluding hydrogens is 504 g/mol. The fraction of sp³-hybridized carbons (Fsp3) is 0.276. The van der Waals surface area contributed by atoms with Crippen molar-refractivity contribution >= 4 is 39.1 Å². The lowest BCUT2D eigenvalue weighted by molar-refractivity contribution is -0.116. The quantitative estimate of drug-likeness (QED) is 0.341. The van der Waals surface area contributed by atoms with Crippen LogP contribution in [0.3, 0.4) is 0 Å². The smallest absolute Gasteiger partial charge is 0.341 e. The zero-order chi connectivity index (χ0) is 27.0. The molecule has 0 saturated heterocycles. The molecule has 0 saturated carbocycles. The average molecular weight is 533 g/mol. The van der Waals surface area contributed by atoms with Gasteiger partial charge in [0, 0.05) is 35.4 Å². The minimum absolute atomic E-state index is 0.0588. The normalized spacial score (nSPS) is 12.4. The first-order valence-electron chi connectivity index (χ1n) is 12.3. The van der Waals surface area contributed by atoms with E-state index in [0.29, 0.717) is 35.3 Å². The number of carbonyl (C=O) groups is 2. The van der Waals surface area contributed by atoms with Crippen LogP contribution in [-0.2, 0) is 16.1 Å². The predicted octanol–water partition coefficient (Wildman–Crippen LogP) is 5.24. The summed E-state index contributed by atoms with van der Waals surface area (Å²) in [5.41, 5.74) is 5.33. The molecule has 0 atom stereocenters. The van der Waals surface area contributed by atoms with Crippen molar-refractivity contribution in [1.82, 2.24) is 4.57 Å². The Labute approximate surface area is 223 Å². The summed E-state index contributed by atoms with van der Waals surface area (Å²) in [5, 5.41) is 6.05. The van der Waals surface area contributed by atoms with E-state index in [1.807, 2.05) is 39.0 Å². The number of aryl methyl sites for hydroxylation is 4. The average Bonchev–Trinajstić information content (AvgIpc) is 3.31. The summed E-state index contributed by atoms with van der Waals surface area (Å²) in [6, 6.07) is 11.1. The Morgan fingerprint density at radius 2 is 1.79 bits per heavy atom. The van der Waals surface area contributed by atoms with Crippen molar-refractivity contribution in [2.45, 2.75) is 33.7 Å². The lowest BCUT2D eigenvalue weighted by atomic mass is 10.0. The molecular formula is C29H28N2O6S. The number of carbonyl (C=O) groups excluding carboxylic acids is 2. The summed E-state index contributed by atoms with van der Waals surface area (Å²) in [4.78, 5) is 38.6. The van der Waals surface area contributed by atoms with E-state index in [1.165, 1.54) is 18.4 Å². The predicted molar refractivity (Wildman–Crippen MR) is 148 cm³/mol. The highest BCUT2D eigenvalue weighted by Crippen LogP contribution is 2.40. The molecule has 0 aliphatic carbocycles. The van der Waals surface area contributed by atoms with Crippen LogP contribution < -0.4 is 20.3 Å². The van der Waals surface area contributed by atoms with E-state index in [-0.39, 0.29) is 30.0 Å². The highest BCUT2D eigenvalue weighted by atomic mass is 32.1. The molecule has 38 heavy (non-hydrogen) atoms. The summed E-state index contributed by atoms with van der Waals surface area (Å²) < 4.78 is 18.0. The number of nitrogens with one attached hydrogen (secondary N) is 1. The Morgan fingerprint density at radius 3 is 2.55 bits per heavy atom. The third-order valence-electron chi connectivity index (χ3n) is 6.59. The zero-order valence-electron chi connectivity index (χ0n) is 21.7. The summed E-state index contributed by atoms with van der Waals surface area (Å²) in [6.07, 6.45) is 0.0588. The molecule has 8 nitrogen and oxygen atoms in total. The molecule has 0 fully saturated rings. The number of fused-ring (bicyclic) bond motifs is 2. The first-order chi connectivity index (χ1) is 18.3. The number of esters is 1. The maximum Gasteiger partial charge on any atom is 0.341 e. The third-order valence-corrected chi connectivity index (χ3v) is 7.49. The second-order valence-electron chi connectivity index (χ2n) is 9.30. The van der Waals surface area contributed by atoms with Crippen molar-refractivity contribution in [1.29, 1.82) is 0 Å². The van der Waals surface area contributed by atoms with Crippen molar-refractivity contribution in [3.8, 4) is 22.6 Å². The van der Waals surface area contributed by atoms with Crippen LogP contribution in [0.2, 0.25) is 0 Å². The van der Waals surface area contributed by atoms with Gasteiger partial charge in [0.1, 0.15) is 23.8 Å². The van der Waals surface area contributed by atoms with E-state index < -0.39 is 5.97 Å². The van der Waals surface area contributed by atoms with Crippen LogP contribution in [0.4, 0.5) is 5.00 Å². The number of amides is 1. The molecule has 0 spiro atoms. The van der Waals surface area contributed by atoms with Gasteiger partial charge < -0.3 is 24.1 Å². The van der Waals surface area contributed by atoms with Gasteiger partial charge in [-0.3, -0.25) is 9.59 Å². The van der Waals surface area contributed by atoms with E-state index in [9.17, 15) is 14.4 Å². The molecule has 2 aromatic heterocycles. The molecule has 1 amide bonds. The van der Waals surface area contributed by atoms with Crippen molar-refractivity contribution in [2.24, 2.45) is 0 Å². The molecule has 9 heteroatoms. The number of thiophene rings is 1. The Balaban J connectivity index is 1.41. The highest BCUT2D eigenvalue weighted by molar-refractivity contribution is 7.15.